The molecule has 2 rings (SSSR count). The highest BCUT2D eigenvalue weighted by atomic mass is 35.5. The second-order valence-corrected chi connectivity index (χ2v) is 4.77. The molecule has 0 aromatic heterocycles. The van der Waals surface area contributed by atoms with Crippen molar-refractivity contribution in [2.24, 2.45) is 0 Å². The zero-order valence-corrected chi connectivity index (χ0v) is 12.0. The van der Waals surface area contributed by atoms with Crippen LogP contribution in [0.15, 0.2) is 18.2 Å². The maximum atomic E-state index is 12.1. The number of amides is 1. The molecule has 0 unspecified atom stereocenters. The van der Waals surface area contributed by atoms with E-state index in [-0.39, 0.29) is 30.0 Å². The highest BCUT2D eigenvalue weighted by molar-refractivity contribution is 5.96. The van der Waals surface area contributed by atoms with Gasteiger partial charge in [-0.25, -0.2) is 0 Å². The van der Waals surface area contributed by atoms with E-state index in [2.05, 4.69) is 10.6 Å². The van der Waals surface area contributed by atoms with Crippen molar-refractivity contribution in [2.75, 3.05) is 13.1 Å². The number of hydrogen-bond donors (Lipinski definition) is 2. The SMILES string of the molecule is Cc1cc([N+](=O)[O-])ccc1C(=O)N[C@@H]1CCCNC1.Cl. The lowest BCUT2D eigenvalue weighted by Gasteiger charge is -2.24. The minimum absolute atomic E-state index is 0. The van der Waals surface area contributed by atoms with E-state index in [0.717, 1.165) is 25.9 Å². The van der Waals surface area contributed by atoms with Crippen molar-refractivity contribution in [3.8, 4) is 0 Å². The zero-order chi connectivity index (χ0) is 13.8. The minimum atomic E-state index is -0.459. The molecule has 1 aromatic carbocycles. The van der Waals surface area contributed by atoms with Crippen LogP contribution in [0.2, 0.25) is 0 Å². The van der Waals surface area contributed by atoms with Gasteiger partial charge in [0.2, 0.25) is 0 Å². The second kappa shape index (κ2) is 7.21. The van der Waals surface area contributed by atoms with Crippen molar-refractivity contribution in [1.82, 2.24) is 10.6 Å². The van der Waals surface area contributed by atoms with Crippen molar-refractivity contribution < 1.29 is 9.72 Å². The first-order valence-electron chi connectivity index (χ1n) is 6.34. The summed E-state index contributed by atoms with van der Waals surface area (Å²) < 4.78 is 0. The molecule has 1 heterocycles. The van der Waals surface area contributed by atoms with Crippen LogP contribution in [0.4, 0.5) is 5.69 Å². The van der Waals surface area contributed by atoms with Crippen LogP contribution >= 0.6 is 12.4 Å². The molecule has 7 heteroatoms. The van der Waals surface area contributed by atoms with E-state index >= 15 is 0 Å². The van der Waals surface area contributed by atoms with Crippen molar-refractivity contribution in [2.45, 2.75) is 25.8 Å². The van der Waals surface area contributed by atoms with Crippen molar-refractivity contribution >= 4 is 24.0 Å². The summed E-state index contributed by atoms with van der Waals surface area (Å²) >= 11 is 0. The number of halogens is 1. The molecule has 6 nitrogen and oxygen atoms in total. The van der Waals surface area contributed by atoms with Crippen LogP contribution in [-0.4, -0.2) is 30.0 Å². The van der Waals surface area contributed by atoms with Gasteiger partial charge >= 0.3 is 0 Å². The van der Waals surface area contributed by atoms with E-state index in [0.29, 0.717) is 11.1 Å². The number of piperidine rings is 1. The van der Waals surface area contributed by atoms with E-state index in [9.17, 15) is 14.9 Å². The van der Waals surface area contributed by atoms with E-state index in [1.54, 1.807) is 6.92 Å². The van der Waals surface area contributed by atoms with Gasteiger partial charge in [-0.2, -0.15) is 0 Å². The zero-order valence-electron chi connectivity index (χ0n) is 11.2. The third kappa shape index (κ3) is 3.91. The molecule has 2 N–H and O–H groups in total. The Hall–Kier alpha value is -1.66. The number of carbonyl (C=O) groups is 1. The molecule has 1 fully saturated rings. The summed E-state index contributed by atoms with van der Waals surface area (Å²) in [5.41, 5.74) is 1.13. The molecule has 0 radical (unpaired) electrons. The molecule has 1 saturated heterocycles. The summed E-state index contributed by atoms with van der Waals surface area (Å²) in [4.78, 5) is 22.3. The van der Waals surface area contributed by atoms with Gasteiger partial charge in [0.15, 0.2) is 0 Å². The summed E-state index contributed by atoms with van der Waals surface area (Å²) in [6.07, 6.45) is 2.01. The molecule has 20 heavy (non-hydrogen) atoms. The molecule has 1 amide bonds. The van der Waals surface area contributed by atoms with Crippen molar-refractivity contribution in [1.29, 1.82) is 0 Å². The molecule has 0 aliphatic carbocycles. The summed E-state index contributed by atoms with van der Waals surface area (Å²) in [6.45, 7) is 3.47. The van der Waals surface area contributed by atoms with Gasteiger partial charge < -0.3 is 10.6 Å². The van der Waals surface area contributed by atoms with Crippen molar-refractivity contribution in [3.63, 3.8) is 0 Å². The first-order chi connectivity index (χ1) is 9.08. The highest BCUT2D eigenvalue weighted by Crippen LogP contribution is 2.17. The van der Waals surface area contributed by atoms with Crippen LogP contribution in [-0.2, 0) is 0 Å². The van der Waals surface area contributed by atoms with Gasteiger partial charge in [0, 0.05) is 30.3 Å². The molecule has 0 saturated carbocycles. The predicted octanol–water partition coefficient (Wildman–Crippen LogP) is 1.81. The van der Waals surface area contributed by atoms with E-state index < -0.39 is 4.92 Å². The van der Waals surface area contributed by atoms with Crippen LogP contribution in [0.5, 0.6) is 0 Å². The number of nitrogens with one attached hydrogen (secondary N) is 2. The maximum absolute atomic E-state index is 12.1. The standard InChI is InChI=1S/C13H17N3O3.ClH/c1-9-7-11(16(18)19)4-5-12(9)13(17)15-10-3-2-6-14-8-10;/h4-5,7,10,14H,2-3,6,8H2,1H3,(H,15,17);1H/t10-;/m1./s1. The lowest BCUT2D eigenvalue weighted by Crippen LogP contribution is -2.45. The molecule has 1 aromatic rings. The molecule has 1 aliphatic rings. The van der Waals surface area contributed by atoms with Gasteiger partial charge in [-0.05, 0) is 37.9 Å². The molecule has 110 valence electrons. The van der Waals surface area contributed by atoms with Gasteiger partial charge in [-0.3, -0.25) is 14.9 Å². The summed E-state index contributed by atoms with van der Waals surface area (Å²) in [5.74, 6) is -0.166. The Morgan fingerprint density at radius 1 is 1.50 bits per heavy atom. The third-order valence-corrected chi connectivity index (χ3v) is 3.30. The summed E-state index contributed by atoms with van der Waals surface area (Å²) in [7, 11) is 0. The fraction of sp³-hybridized carbons (Fsp3) is 0.462. The van der Waals surface area contributed by atoms with Crippen LogP contribution in [0, 0.1) is 17.0 Å². The Bertz CT molecular complexity index is 502. The topological polar surface area (TPSA) is 84.3 Å². The third-order valence-electron chi connectivity index (χ3n) is 3.30. The maximum Gasteiger partial charge on any atom is 0.269 e. The number of benzene rings is 1. The largest absolute Gasteiger partial charge is 0.348 e. The van der Waals surface area contributed by atoms with Crippen LogP contribution in [0.25, 0.3) is 0 Å². The van der Waals surface area contributed by atoms with Gasteiger partial charge in [0.1, 0.15) is 0 Å². The fourth-order valence-electron chi connectivity index (χ4n) is 2.25. The highest BCUT2D eigenvalue weighted by Gasteiger charge is 2.18. The van der Waals surface area contributed by atoms with Gasteiger partial charge in [0.25, 0.3) is 11.6 Å². The number of nitro benzene ring substituents is 1. The smallest absolute Gasteiger partial charge is 0.269 e. The Balaban J connectivity index is 0.00000200. The number of aryl methyl sites for hydroxylation is 1. The Morgan fingerprint density at radius 2 is 2.25 bits per heavy atom. The number of nitro groups is 1. The Labute approximate surface area is 123 Å². The quantitative estimate of drug-likeness (QED) is 0.658. The number of carbonyl (C=O) groups excluding carboxylic acids is 1. The second-order valence-electron chi connectivity index (χ2n) is 4.77. The lowest BCUT2D eigenvalue weighted by molar-refractivity contribution is -0.384. The Kier molecular flexibility index (Phi) is 5.91. The Morgan fingerprint density at radius 3 is 2.80 bits per heavy atom. The average molecular weight is 300 g/mol. The van der Waals surface area contributed by atoms with Gasteiger partial charge in [0.05, 0.1) is 4.92 Å². The van der Waals surface area contributed by atoms with E-state index in [1.807, 2.05) is 0 Å². The van der Waals surface area contributed by atoms with Crippen molar-refractivity contribution in [3.05, 3.63) is 39.4 Å². The fourth-order valence-corrected chi connectivity index (χ4v) is 2.25. The molecule has 0 bridgehead atoms. The molecule has 0 spiro atoms. The average Bonchev–Trinajstić information content (AvgIpc) is 2.39. The monoisotopic (exact) mass is 299 g/mol. The summed E-state index contributed by atoms with van der Waals surface area (Å²) in [5, 5.41) is 16.8. The molecular formula is C13H18ClN3O3. The van der Waals surface area contributed by atoms with Gasteiger partial charge in [-0.15, -0.1) is 12.4 Å². The lowest BCUT2D eigenvalue weighted by atomic mass is 10.0. The number of hydrogen-bond acceptors (Lipinski definition) is 4. The number of rotatable bonds is 3. The van der Waals surface area contributed by atoms with Crippen LogP contribution in [0.3, 0.4) is 0 Å². The molecular weight excluding hydrogens is 282 g/mol. The first kappa shape index (κ1) is 16.4. The molecule has 1 atom stereocenters. The number of non-ortho nitro benzene ring substituents is 1. The van der Waals surface area contributed by atoms with Crippen LogP contribution in [0.1, 0.15) is 28.8 Å². The number of nitrogens with zero attached hydrogens (tertiary/aromatic N) is 1. The minimum Gasteiger partial charge on any atom is -0.348 e. The first-order valence-corrected chi connectivity index (χ1v) is 6.34. The van der Waals surface area contributed by atoms with Gasteiger partial charge in [-0.1, -0.05) is 0 Å². The van der Waals surface area contributed by atoms with E-state index in [4.69, 9.17) is 0 Å². The molecule has 1 aliphatic heterocycles. The van der Waals surface area contributed by atoms with E-state index in [1.165, 1.54) is 18.2 Å². The normalized spacial score (nSPS) is 17.9. The summed E-state index contributed by atoms with van der Waals surface area (Å²) in [6, 6.07) is 4.43. The van der Waals surface area contributed by atoms with Crippen LogP contribution < -0.4 is 10.6 Å². The predicted molar refractivity (Wildman–Crippen MR) is 78.4 cm³/mol.